The van der Waals surface area contributed by atoms with Gasteiger partial charge in [0.05, 0.1) is 6.04 Å². The molecule has 1 fully saturated rings. The highest BCUT2D eigenvalue weighted by atomic mass is 79.9. The summed E-state index contributed by atoms with van der Waals surface area (Å²) in [6.45, 7) is 4.81. The van der Waals surface area contributed by atoms with E-state index in [4.69, 9.17) is 0 Å². The van der Waals surface area contributed by atoms with Crippen LogP contribution in [0.25, 0.3) is 0 Å². The SMILES string of the molecule is Cc1ccc(C(=O)CCC(=O)N2CCCC2c2cccc(Br)c2)cc1C. The summed E-state index contributed by atoms with van der Waals surface area (Å²) < 4.78 is 1.03. The molecule has 0 bridgehead atoms. The van der Waals surface area contributed by atoms with Crippen molar-refractivity contribution in [1.82, 2.24) is 4.90 Å². The standard InChI is InChI=1S/C22H24BrNO2/c1-15-8-9-18(13-16(15)2)21(25)10-11-22(26)24-12-4-7-20(24)17-5-3-6-19(23)14-17/h3,5-6,8-9,13-14,20H,4,7,10-12H2,1-2H3. The van der Waals surface area contributed by atoms with E-state index in [1.54, 1.807) is 0 Å². The molecule has 0 saturated carbocycles. The van der Waals surface area contributed by atoms with E-state index in [0.717, 1.165) is 35.0 Å². The van der Waals surface area contributed by atoms with Crippen molar-refractivity contribution in [3.05, 3.63) is 69.2 Å². The first kappa shape index (κ1) is 18.8. The van der Waals surface area contributed by atoms with Gasteiger partial charge in [-0.05, 0) is 61.6 Å². The summed E-state index contributed by atoms with van der Waals surface area (Å²) in [7, 11) is 0. The lowest BCUT2D eigenvalue weighted by atomic mass is 10.0. The Hall–Kier alpha value is -1.94. The lowest BCUT2D eigenvalue weighted by Crippen LogP contribution is -2.30. The van der Waals surface area contributed by atoms with Gasteiger partial charge in [0, 0.05) is 29.4 Å². The molecule has 1 amide bonds. The molecule has 1 saturated heterocycles. The predicted molar refractivity (Wildman–Crippen MR) is 107 cm³/mol. The van der Waals surface area contributed by atoms with Crippen LogP contribution in [0.1, 0.15) is 58.8 Å². The quantitative estimate of drug-likeness (QED) is 0.615. The summed E-state index contributed by atoms with van der Waals surface area (Å²) in [5.41, 5.74) is 4.14. The molecule has 4 heteroatoms. The van der Waals surface area contributed by atoms with Gasteiger partial charge in [-0.1, -0.05) is 40.2 Å². The second-order valence-corrected chi connectivity index (χ2v) is 7.94. The summed E-state index contributed by atoms with van der Waals surface area (Å²) in [6.07, 6.45) is 2.53. The Morgan fingerprint density at radius 1 is 1.08 bits per heavy atom. The molecule has 0 radical (unpaired) electrons. The number of amides is 1. The fraction of sp³-hybridized carbons (Fsp3) is 0.364. The van der Waals surface area contributed by atoms with Crippen LogP contribution in [0.3, 0.4) is 0 Å². The van der Waals surface area contributed by atoms with Crippen molar-refractivity contribution in [2.45, 2.75) is 45.6 Å². The molecule has 1 aliphatic heterocycles. The smallest absolute Gasteiger partial charge is 0.223 e. The molecule has 0 aliphatic carbocycles. The van der Waals surface area contributed by atoms with E-state index < -0.39 is 0 Å². The van der Waals surface area contributed by atoms with E-state index >= 15 is 0 Å². The zero-order valence-electron chi connectivity index (χ0n) is 15.3. The lowest BCUT2D eigenvalue weighted by Gasteiger charge is -2.25. The summed E-state index contributed by atoms with van der Waals surface area (Å²) in [5.74, 6) is 0.115. The van der Waals surface area contributed by atoms with E-state index in [1.165, 1.54) is 5.56 Å². The number of halogens is 1. The Labute approximate surface area is 163 Å². The van der Waals surface area contributed by atoms with Crippen LogP contribution in [0, 0.1) is 13.8 Å². The van der Waals surface area contributed by atoms with Crippen molar-refractivity contribution >= 4 is 27.6 Å². The molecule has 2 aromatic carbocycles. The lowest BCUT2D eigenvalue weighted by molar-refractivity contribution is -0.132. The zero-order valence-corrected chi connectivity index (χ0v) is 16.9. The predicted octanol–water partition coefficient (Wildman–Crippen LogP) is 5.39. The highest BCUT2D eigenvalue weighted by molar-refractivity contribution is 9.10. The van der Waals surface area contributed by atoms with Crippen molar-refractivity contribution in [2.75, 3.05) is 6.54 Å². The van der Waals surface area contributed by atoms with Crippen LogP contribution in [-0.2, 0) is 4.79 Å². The van der Waals surface area contributed by atoms with Gasteiger partial charge < -0.3 is 4.90 Å². The average molecular weight is 414 g/mol. The number of carbonyl (C=O) groups is 2. The summed E-state index contributed by atoms with van der Waals surface area (Å²) in [5, 5.41) is 0. The molecule has 0 N–H and O–H groups in total. The van der Waals surface area contributed by atoms with Gasteiger partial charge in [0.25, 0.3) is 0 Å². The molecule has 0 spiro atoms. The number of Topliss-reactive ketones (excluding diaryl/α,β-unsaturated/α-hetero) is 1. The van der Waals surface area contributed by atoms with Crippen molar-refractivity contribution in [3.8, 4) is 0 Å². The number of likely N-dealkylation sites (tertiary alicyclic amines) is 1. The molecule has 1 heterocycles. The maximum Gasteiger partial charge on any atom is 0.223 e. The topological polar surface area (TPSA) is 37.4 Å². The number of rotatable bonds is 5. The summed E-state index contributed by atoms with van der Waals surface area (Å²) in [6, 6.07) is 14.0. The molecular weight excluding hydrogens is 390 g/mol. The third-order valence-corrected chi connectivity index (χ3v) is 5.69. The Balaban J connectivity index is 1.63. The fourth-order valence-electron chi connectivity index (χ4n) is 3.55. The molecule has 1 unspecified atom stereocenters. The highest BCUT2D eigenvalue weighted by Crippen LogP contribution is 2.33. The van der Waals surface area contributed by atoms with Gasteiger partial charge in [-0.15, -0.1) is 0 Å². The van der Waals surface area contributed by atoms with Crippen molar-refractivity contribution < 1.29 is 9.59 Å². The first-order valence-electron chi connectivity index (χ1n) is 9.11. The molecule has 1 aliphatic rings. The Morgan fingerprint density at radius 2 is 1.88 bits per heavy atom. The first-order chi connectivity index (χ1) is 12.5. The maximum absolute atomic E-state index is 12.7. The molecule has 2 aromatic rings. The van der Waals surface area contributed by atoms with Gasteiger partial charge in [0.2, 0.25) is 5.91 Å². The number of hydrogen-bond acceptors (Lipinski definition) is 2. The van der Waals surface area contributed by atoms with Crippen LogP contribution in [0.4, 0.5) is 0 Å². The monoisotopic (exact) mass is 413 g/mol. The Bertz CT molecular complexity index is 831. The van der Waals surface area contributed by atoms with E-state index in [1.807, 2.05) is 49.1 Å². The van der Waals surface area contributed by atoms with E-state index in [0.29, 0.717) is 5.56 Å². The van der Waals surface area contributed by atoms with Crippen LogP contribution in [0.5, 0.6) is 0 Å². The zero-order chi connectivity index (χ0) is 18.7. The van der Waals surface area contributed by atoms with Crippen LogP contribution in [0.2, 0.25) is 0 Å². The highest BCUT2D eigenvalue weighted by Gasteiger charge is 2.30. The van der Waals surface area contributed by atoms with Gasteiger partial charge in [-0.3, -0.25) is 9.59 Å². The normalized spacial score (nSPS) is 16.7. The third-order valence-electron chi connectivity index (χ3n) is 5.20. The number of aryl methyl sites for hydroxylation is 2. The minimum absolute atomic E-state index is 0.0413. The van der Waals surface area contributed by atoms with E-state index in [-0.39, 0.29) is 30.6 Å². The fourth-order valence-corrected chi connectivity index (χ4v) is 3.97. The number of nitrogens with zero attached hydrogens (tertiary/aromatic N) is 1. The first-order valence-corrected chi connectivity index (χ1v) is 9.90. The van der Waals surface area contributed by atoms with Gasteiger partial charge in [0.15, 0.2) is 5.78 Å². The van der Waals surface area contributed by atoms with Gasteiger partial charge >= 0.3 is 0 Å². The van der Waals surface area contributed by atoms with Crippen LogP contribution >= 0.6 is 15.9 Å². The van der Waals surface area contributed by atoms with Crippen molar-refractivity contribution in [1.29, 1.82) is 0 Å². The number of benzene rings is 2. The maximum atomic E-state index is 12.7. The number of carbonyl (C=O) groups excluding carboxylic acids is 2. The van der Waals surface area contributed by atoms with Crippen molar-refractivity contribution in [2.24, 2.45) is 0 Å². The van der Waals surface area contributed by atoms with Gasteiger partial charge in [-0.25, -0.2) is 0 Å². The largest absolute Gasteiger partial charge is 0.336 e. The molecule has 3 rings (SSSR count). The number of ketones is 1. The minimum Gasteiger partial charge on any atom is -0.336 e. The average Bonchev–Trinajstić information content (AvgIpc) is 3.11. The van der Waals surface area contributed by atoms with Crippen LogP contribution in [0.15, 0.2) is 46.9 Å². The Morgan fingerprint density at radius 3 is 2.62 bits per heavy atom. The Kier molecular flexibility index (Phi) is 5.92. The molecular formula is C22H24BrNO2. The van der Waals surface area contributed by atoms with Crippen LogP contribution in [-0.4, -0.2) is 23.1 Å². The molecule has 3 nitrogen and oxygen atoms in total. The summed E-state index contributed by atoms with van der Waals surface area (Å²) >= 11 is 3.50. The molecule has 0 aromatic heterocycles. The van der Waals surface area contributed by atoms with E-state index in [9.17, 15) is 9.59 Å². The van der Waals surface area contributed by atoms with E-state index in [2.05, 4.69) is 28.1 Å². The van der Waals surface area contributed by atoms with Gasteiger partial charge in [0.1, 0.15) is 0 Å². The summed E-state index contributed by atoms with van der Waals surface area (Å²) in [4.78, 5) is 27.1. The van der Waals surface area contributed by atoms with Crippen molar-refractivity contribution in [3.63, 3.8) is 0 Å². The van der Waals surface area contributed by atoms with Crippen LogP contribution < -0.4 is 0 Å². The second kappa shape index (κ2) is 8.17. The second-order valence-electron chi connectivity index (χ2n) is 7.02. The molecule has 136 valence electrons. The number of hydrogen-bond donors (Lipinski definition) is 0. The molecule has 1 atom stereocenters. The minimum atomic E-state index is 0.0413. The third kappa shape index (κ3) is 4.24. The van der Waals surface area contributed by atoms with Gasteiger partial charge in [-0.2, -0.15) is 0 Å². The molecule has 26 heavy (non-hydrogen) atoms.